The first-order chi connectivity index (χ1) is 10.7. The van der Waals surface area contributed by atoms with Crippen molar-refractivity contribution >= 4 is 11.2 Å². The second kappa shape index (κ2) is 5.94. The van der Waals surface area contributed by atoms with Crippen molar-refractivity contribution < 1.29 is 0 Å². The second-order valence-corrected chi connectivity index (χ2v) is 5.94. The van der Waals surface area contributed by atoms with E-state index < -0.39 is 0 Å². The van der Waals surface area contributed by atoms with Crippen molar-refractivity contribution in [3.8, 4) is 0 Å². The van der Waals surface area contributed by atoms with Gasteiger partial charge in [-0.15, -0.1) is 6.58 Å². The average molecular weight is 302 g/mol. The van der Waals surface area contributed by atoms with Crippen molar-refractivity contribution in [3.63, 3.8) is 0 Å². The van der Waals surface area contributed by atoms with Gasteiger partial charge in [-0.05, 0) is 19.3 Å². The topological polar surface area (TPSA) is 72.7 Å². The number of aromatic amines is 1. The molecule has 1 aliphatic carbocycles. The van der Waals surface area contributed by atoms with Crippen LogP contribution in [-0.2, 0) is 13.1 Å². The van der Waals surface area contributed by atoms with Crippen molar-refractivity contribution in [1.29, 1.82) is 0 Å². The second-order valence-electron chi connectivity index (χ2n) is 5.94. The van der Waals surface area contributed by atoms with Gasteiger partial charge in [-0.25, -0.2) is 9.78 Å². The first-order valence-electron chi connectivity index (χ1n) is 8.01. The molecule has 0 bridgehead atoms. The molecule has 1 fully saturated rings. The molecule has 6 nitrogen and oxygen atoms in total. The molecule has 2 heterocycles. The number of aromatic nitrogens is 4. The molecular formula is C16H22N4O2. The Morgan fingerprint density at radius 1 is 1.32 bits per heavy atom. The van der Waals surface area contributed by atoms with E-state index in [9.17, 15) is 9.59 Å². The summed E-state index contributed by atoms with van der Waals surface area (Å²) in [5.74, 6) is 1.22. The molecule has 2 aromatic heterocycles. The van der Waals surface area contributed by atoms with Gasteiger partial charge in [0.2, 0.25) is 0 Å². The third-order valence-corrected chi connectivity index (χ3v) is 4.38. The Bertz CT molecular complexity index is 806. The minimum atomic E-state index is -0.302. The van der Waals surface area contributed by atoms with E-state index in [1.54, 1.807) is 6.08 Å². The van der Waals surface area contributed by atoms with Crippen LogP contribution in [0.5, 0.6) is 0 Å². The molecule has 1 N–H and O–H groups in total. The van der Waals surface area contributed by atoms with Gasteiger partial charge < -0.3 is 4.98 Å². The average Bonchev–Trinajstić information content (AvgIpc) is 3.16. The fourth-order valence-corrected chi connectivity index (χ4v) is 3.29. The van der Waals surface area contributed by atoms with Gasteiger partial charge in [-0.2, -0.15) is 0 Å². The van der Waals surface area contributed by atoms with Gasteiger partial charge in [0.1, 0.15) is 11.3 Å². The molecule has 0 amide bonds. The number of fused-ring (bicyclic) bond motifs is 1. The lowest BCUT2D eigenvalue weighted by Gasteiger charge is -2.08. The lowest BCUT2D eigenvalue weighted by Crippen LogP contribution is -2.40. The van der Waals surface area contributed by atoms with Crippen LogP contribution in [0.25, 0.3) is 11.2 Å². The van der Waals surface area contributed by atoms with E-state index in [1.165, 1.54) is 22.0 Å². The summed E-state index contributed by atoms with van der Waals surface area (Å²) < 4.78 is 2.83. The summed E-state index contributed by atoms with van der Waals surface area (Å²) >= 11 is 0. The molecule has 0 radical (unpaired) electrons. The predicted molar refractivity (Wildman–Crippen MR) is 86.3 cm³/mol. The minimum Gasteiger partial charge on any atom is -0.336 e. The summed E-state index contributed by atoms with van der Waals surface area (Å²) in [4.78, 5) is 32.9. The molecule has 22 heavy (non-hydrogen) atoms. The Balaban J connectivity index is 2.25. The van der Waals surface area contributed by atoms with E-state index in [2.05, 4.69) is 16.5 Å². The summed E-state index contributed by atoms with van der Waals surface area (Å²) in [5, 5.41) is 0. The Hall–Kier alpha value is -2.11. The van der Waals surface area contributed by atoms with E-state index in [0.717, 1.165) is 25.1 Å². The van der Waals surface area contributed by atoms with E-state index in [4.69, 9.17) is 0 Å². The maximum Gasteiger partial charge on any atom is 0.333 e. The predicted octanol–water partition coefficient (Wildman–Crippen LogP) is 2.14. The molecule has 118 valence electrons. The van der Waals surface area contributed by atoms with Crippen LogP contribution in [0.3, 0.4) is 0 Å². The molecule has 1 saturated carbocycles. The summed E-state index contributed by atoms with van der Waals surface area (Å²) in [6.45, 7) is 6.42. The molecule has 0 aromatic carbocycles. The molecule has 0 spiro atoms. The Labute approximate surface area is 128 Å². The highest BCUT2D eigenvalue weighted by Gasteiger charge is 2.23. The number of allylic oxidation sites excluding steroid dienone is 1. The third kappa shape index (κ3) is 2.32. The number of nitrogens with one attached hydrogen (secondary N) is 1. The van der Waals surface area contributed by atoms with E-state index in [1.807, 2.05) is 6.92 Å². The highest BCUT2D eigenvalue weighted by Crippen LogP contribution is 2.32. The quantitative estimate of drug-likeness (QED) is 0.860. The summed E-state index contributed by atoms with van der Waals surface area (Å²) in [6, 6.07) is 0. The summed E-state index contributed by atoms with van der Waals surface area (Å²) in [6.07, 6.45) is 6.97. The number of imidazole rings is 1. The van der Waals surface area contributed by atoms with Crippen LogP contribution in [0.1, 0.15) is 50.8 Å². The Morgan fingerprint density at radius 3 is 2.68 bits per heavy atom. The SMILES string of the molecule is C=CCn1c(=O)n(CCC)c(=O)c2[nH]c(C3CCCC3)nc21. The van der Waals surface area contributed by atoms with Crippen molar-refractivity contribution in [3.05, 3.63) is 39.3 Å². The van der Waals surface area contributed by atoms with Crippen LogP contribution >= 0.6 is 0 Å². The number of hydrogen-bond acceptors (Lipinski definition) is 3. The lowest BCUT2D eigenvalue weighted by atomic mass is 10.1. The van der Waals surface area contributed by atoms with Crippen LogP contribution in [0.2, 0.25) is 0 Å². The molecule has 1 aliphatic rings. The fourth-order valence-electron chi connectivity index (χ4n) is 3.29. The van der Waals surface area contributed by atoms with Gasteiger partial charge in [0.05, 0.1) is 0 Å². The standard InChI is InChI=1S/C16H22N4O2/c1-3-9-19-14-12(15(21)20(10-4-2)16(19)22)17-13(18-14)11-7-5-6-8-11/h3,11H,1,4-10H2,2H3,(H,17,18). The maximum absolute atomic E-state index is 12.6. The summed E-state index contributed by atoms with van der Waals surface area (Å²) in [5.41, 5.74) is 0.337. The van der Waals surface area contributed by atoms with Gasteiger partial charge in [-0.1, -0.05) is 25.8 Å². The molecule has 2 aromatic rings. The lowest BCUT2D eigenvalue weighted by molar-refractivity contribution is 0.582. The van der Waals surface area contributed by atoms with Gasteiger partial charge in [0, 0.05) is 19.0 Å². The molecule has 0 saturated heterocycles. The summed E-state index contributed by atoms with van der Waals surface area (Å²) in [7, 11) is 0. The van der Waals surface area contributed by atoms with E-state index >= 15 is 0 Å². The first-order valence-corrected chi connectivity index (χ1v) is 8.01. The number of rotatable bonds is 5. The molecule has 0 aliphatic heterocycles. The van der Waals surface area contributed by atoms with Crippen molar-refractivity contribution in [2.45, 2.75) is 58.0 Å². The minimum absolute atomic E-state index is 0.265. The molecule has 0 atom stereocenters. The third-order valence-electron chi connectivity index (χ3n) is 4.38. The molecule has 0 unspecified atom stereocenters. The zero-order chi connectivity index (χ0) is 15.7. The first kappa shape index (κ1) is 14.8. The normalized spacial score (nSPS) is 15.7. The van der Waals surface area contributed by atoms with Gasteiger partial charge in [-0.3, -0.25) is 13.9 Å². The Kier molecular flexibility index (Phi) is 4.00. The van der Waals surface area contributed by atoms with E-state index in [0.29, 0.717) is 30.2 Å². The van der Waals surface area contributed by atoms with Crippen LogP contribution in [0.4, 0.5) is 0 Å². The van der Waals surface area contributed by atoms with Gasteiger partial charge in [0.25, 0.3) is 5.56 Å². The monoisotopic (exact) mass is 302 g/mol. The largest absolute Gasteiger partial charge is 0.336 e. The molecular weight excluding hydrogens is 280 g/mol. The molecule has 6 heteroatoms. The maximum atomic E-state index is 12.6. The van der Waals surface area contributed by atoms with Crippen LogP contribution in [0, 0.1) is 0 Å². The number of hydrogen-bond donors (Lipinski definition) is 1. The fraction of sp³-hybridized carbons (Fsp3) is 0.562. The van der Waals surface area contributed by atoms with Gasteiger partial charge in [0.15, 0.2) is 5.65 Å². The van der Waals surface area contributed by atoms with E-state index in [-0.39, 0.29) is 11.2 Å². The number of H-pyrrole nitrogens is 1. The van der Waals surface area contributed by atoms with Gasteiger partial charge >= 0.3 is 5.69 Å². The highest BCUT2D eigenvalue weighted by molar-refractivity contribution is 5.70. The van der Waals surface area contributed by atoms with Crippen molar-refractivity contribution in [1.82, 2.24) is 19.1 Å². The van der Waals surface area contributed by atoms with Crippen LogP contribution in [0.15, 0.2) is 22.2 Å². The van der Waals surface area contributed by atoms with Crippen LogP contribution < -0.4 is 11.2 Å². The zero-order valence-corrected chi connectivity index (χ0v) is 13.0. The molecule has 3 rings (SSSR count). The van der Waals surface area contributed by atoms with Crippen molar-refractivity contribution in [2.75, 3.05) is 0 Å². The smallest absolute Gasteiger partial charge is 0.333 e. The van der Waals surface area contributed by atoms with Crippen molar-refractivity contribution in [2.24, 2.45) is 0 Å². The highest BCUT2D eigenvalue weighted by atomic mass is 16.2. The zero-order valence-electron chi connectivity index (χ0n) is 13.0. The number of nitrogens with zero attached hydrogens (tertiary/aromatic N) is 3. The Morgan fingerprint density at radius 2 is 2.05 bits per heavy atom. The van der Waals surface area contributed by atoms with Crippen LogP contribution in [-0.4, -0.2) is 19.1 Å².